The van der Waals surface area contributed by atoms with Crippen molar-refractivity contribution in [3.05, 3.63) is 53.6 Å². The summed E-state index contributed by atoms with van der Waals surface area (Å²) in [7, 11) is 0. The minimum absolute atomic E-state index is 0.309. The van der Waals surface area contributed by atoms with E-state index in [0.29, 0.717) is 11.3 Å². The number of carboxylic acids is 1. The first kappa shape index (κ1) is 12.5. The smallest absolute Gasteiger partial charge is 0.336 e. The standard InChI is InChI=1S/C14H13NO2S/c1-9-5-4-6-10(14(16)17)13(9)18-12-8-3-2-7-11(12)15/h2-8H,15H2,1H3,(H,16,17). The molecule has 3 nitrogen and oxygen atoms in total. The van der Waals surface area contributed by atoms with Crippen LogP contribution in [0.15, 0.2) is 52.3 Å². The summed E-state index contributed by atoms with van der Waals surface area (Å²) in [6.07, 6.45) is 0. The Balaban J connectivity index is 2.46. The van der Waals surface area contributed by atoms with Crippen molar-refractivity contribution in [2.24, 2.45) is 0 Å². The molecule has 92 valence electrons. The van der Waals surface area contributed by atoms with Crippen molar-refractivity contribution in [2.75, 3.05) is 5.73 Å². The number of carbonyl (C=O) groups is 1. The van der Waals surface area contributed by atoms with Crippen LogP contribution in [0.5, 0.6) is 0 Å². The Labute approximate surface area is 110 Å². The number of hydrogen-bond donors (Lipinski definition) is 2. The molecule has 2 aromatic rings. The van der Waals surface area contributed by atoms with Gasteiger partial charge in [0.1, 0.15) is 0 Å². The summed E-state index contributed by atoms with van der Waals surface area (Å²) < 4.78 is 0. The van der Waals surface area contributed by atoms with Gasteiger partial charge < -0.3 is 10.8 Å². The molecule has 2 rings (SSSR count). The second-order valence-electron chi connectivity index (χ2n) is 3.90. The molecule has 0 radical (unpaired) electrons. The molecule has 0 aliphatic rings. The van der Waals surface area contributed by atoms with E-state index in [1.165, 1.54) is 11.8 Å². The lowest BCUT2D eigenvalue weighted by molar-refractivity contribution is 0.0693. The van der Waals surface area contributed by atoms with Gasteiger partial charge in [0.05, 0.1) is 5.56 Å². The molecule has 0 saturated carbocycles. The van der Waals surface area contributed by atoms with Crippen LogP contribution in [0.4, 0.5) is 5.69 Å². The van der Waals surface area contributed by atoms with Crippen LogP contribution in [-0.2, 0) is 0 Å². The molecule has 0 heterocycles. The number of nitrogen functional groups attached to an aromatic ring is 1. The fourth-order valence-electron chi connectivity index (χ4n) is 1.64. The Morgan fingerprint density at radius 3 is 2.56 bits per heavy atom. The van der Waals surface area contributed by atoms with E-state index >= 15 is 0 Å². The van der Waals surface area contributed by atoms with Gasteiger partial charge in [-0.05, 0) is 30.7 Å². The molecule has 0 saturated heterocycles. The summed E-state index contributed by atoms with van der Waals surface area (Å²) in [6.45, 7) is 1.90. The number of rotatable bonds is 3. The summed E-state index contributed by atoms with van der Waals surface area (Å²) >= 11 is 1.39. The van der Waals surface area contributed by atoms with Gasteiger partial charge in [0.15, 0.2) is 0 Å². The van der Waals surface area contributed by atoms with Crippen LogP contribution in [0.25, 0.3) is 0 Å². The summed E-state index contributed by atoms with van der Waals surface area (Å²) in [5, 5.41) is 9.19. The van der Waals surface area contributed by atoms with Crippen LogP contribution in [0.2, 0.25) is 0 Å². The van der Waals surface area contributed by atoms with Crippen LogP contribution in [0.1, 0.15) is 15.9 Å². The van der Waals surface area contributed by atoms with Crippen LogP contribution < -0.4 is 5.73 Å². The highest BCUT2D eigenvalue weighted by atomic mass is 32.2. The normalized spacial score (nSPS) is 10.3. The van der Waals surface area contributed by atoms with E-state index in [1.807, 2.05) is 31.2 Å². The van der Waals surface area contributed by atoms with Gasteiger partial charge in [-0.1, -0.05) is 36.0 Å². The zero-order valence-electron chi connectivity index (χ0n) is 9.88. The highest BCUT2D eigenvalue weighted by Crippen LogP contribution is 2.36. The number of nitrogens with two attached hydrogens (primary N) is 1. The molecule has 0 atom stereocenters. The fraction of sp³-hybridized carbons (Fsp3) is 0.0714. The Bertz CT molecular complexity index is 596. The number of hydrogen-bond acceptors (Lipinski definition) is 3. The molecule has 3 N–H and O–H groups in total. The first-order valence-electron chi connectivity index (χ1n) is 5.45. The zero-order chi connectivity index (χ0) is 13.1. The number of aromatic carboxylic acids is 1. The molecule has 0 unspecified atom stereocenters. The third-order valence-electron chi connectivity index (χ3n) is 2.57. The van der Waals surface area contributed by atoms with E-state index in [4.69, 9.17) is 5.73 Å². The monoisotopic (exact) mass is 259 g/mol. The Morgan fingerprint density at radius 1 is 1.17 bits per heavy atom. The molecule has 4 heteroatoms. The lowest BCUT2D eigenvalue weighted by Crippen LogP contribution is -2.00. The Hall–Kier alpha value is -1.94. The maximum absolute atomic E-state index is 11.2. The van der Waals surface area contributed by atoms with Crippen molar-refractivity contribution in [1.82, 2.24) is 0 Å². The third kappa shape index (κ3) is 2.49. The zero-order valence-corrected chi connectivity index (χ0v) is 10.7. The van der Waals surface area contributed by atoms with E-state index in [-0.39, 0.29) is 0 Å². The maximum Gasteiger partial charge on any atom is 0.336 e. The molecule has 0 amide bonds. The van der Waals surface area contributed by atoms with Gasteiger partial charge >= 0.3 is 5.97 Å². The molecule has 2 aromatic carbocycles. The van der Waals surface area contributed by atoms with Gasteiger partial charge in [-0.25, -0.2) is 4.79 Å². The van der Waals surface area contributed by atoms with Crippen molar-refractivity contribution < 1.29 is 9.90 Å². The van der Waals surface area contributed by atoms with Crippen LogP contribution in [0, 0.1) is 6.92 Å². The van der Waals surface area contributed by atoms with Gasteiger partial charge in [0, 0.05) is 15.5 Å². The Kier molecular flexibility index (Phi) is 3.58. The van der Waals surface area contributed by atoms with Crippen LogP contribution in [-0.4, -0.2) is 11.1 Å². The Morgan fingerprint density at radius 2 is 1.89 bits per heavy atom. The largest absolute Gasteiger partial charge is 0.478 e. The lowest BCUT2D eigenvalue weighted by atomic mass is 10.1. The van der Waals surface area contributed by atoms with E-state index in [0.717, 1.165) is 15.4 Å². The van der Waals surface area contributed by atoms with Gasteiger partial charge in [-0.15, -0.1) is 0 Å². The number of carboxylic acid groups (broad SMARTS) is 1. The van der Waals surface area contributed by atoms with E-state index < -0.39 is 5.97 Å². The first-order valence-corrected chi connectivity index (χ1v) is 6.26. The molecular formula is C14H13NO2S. The minimum atomic E-state index is -0.921. The molecule has 0 aliphatic heterocycles. The maximum atomic E-state index is 11.2. The van der Waals surface area contributed by atoms with Crippen molar-refractivity contribution >= 4 is 23.4 Å². The van der Waals surface area contributed by atoms with Gasteiger partial charge in [0.25, 0.3) is 0 Å². The predicted octanol–water partition coefficient (Wildman–Crippen LogP) is 3.43. The average Bonchev–Trinajstić information content (AvgIpc) is 2.34. The van der Waals surface area contributed by atoms with Crippen molar-refractivity contribution in [3.8, 4) is 0 Å². The molecule has 18 heavy (non-hydrogen) atoms. The number of para-hydroxylation sites is 1. The second kappa shape index (κ2) is 5.14. The molecular weight excluding hydrogens is 246 g/mol. The average molecular weight is 259 g/mol. The molecule has 0 spiro atoms. The van der Waals surface area contributed by atoms with Crippen LogP contribution in [0.3, 0.4) is 0 Å². The molecule has 0 fully saturated rings. The van der Waals surface area contributed by atoms with Gasteiger partial charge in [-0.2, -0.15) is 0 Å². The lowest BCUT2D eigenvalue weighted by Gasteiger charge is -2.10. The summed E-state index contributed by atoms with van der Waals surface area (Å²) in [4.78, 5) is 12.8. The number of aryl methyl sites for hydroxylation is 1. The predicted molar refractivity (Wildman–Crippen MR) is 73.1 cm³/mol. The van der Waals surface area contributed by atoms with Gasteiger partial charge in [-0.3, -0.25) is 0 Å². The minimum Gasteiger partial charge on any atom is -0.478 e. The summed E-state index contributed by atoms with van der Waals surface area (Å²) in [5.41, 5.74) is 7.77. The molecule has 0 aromatic heterocycles. The summed E-state index contributed by atoms with van der Waals surface area (Å²) in [5.74, 6) is -0.921. The van der Waals surface area contributed by atoms with Crippen LogP contribution >= 0.6 is 11.8 Å². The van der Waals surface area contributed by atoms with Crippen molar-refractivity contribution in [1.29, 1.82) is 0 Å². The second-order valence-corrected chi connectivity index (χ2v) is 4.95. The SMILES string of the molecule is Cc1cccc(C(=O)O)c1Sc1ccccc1N. The highest BCUT2D eigenvalue weighted by Gasteiger charge is 2.13. The van der Waals surface area contributed by atoms with E-state index in [1.54, 1.807) is 18.2 Å². The molecule has 0 aliphatic carbocycles. The topological polar surface area (TPSA) is 63.3 Å². The number of anilines is 1. The fourth-order valence-corrected chi connectivity index (χ4v) is 2.69. The third-order valence-corrected chi connectivity index (χ3v) is 3.91. The van der Waals surface area contributed by atoms with Crippen molar-refractivity contribution in [3.63, 3.8) is 0 Å². The summed E-state index contributed by atoms with van der Waals surface area (Å²) in [6, 6.07) is 12.7. The number of benzene rings is 2. The highest BCUT2D eigenvalue weighted by molar-refractivity contribution is 7.99. The van der Waals surface area contributed by atoms with Crippen molar-refractivity contribution in [2.45, 2.75) is 16.7 Å². The van der Waals surface area contributed by atoms with E-state index in [2.05, 4.69) is 0 Å². The first-order chi connectivity index (χ1) is 8.59. The quantitative estimate of drug-likeness (QED) is 0.829. The van der Waals surface area contributed by atoms with E-state index in [9.17, 15) is 9.90 Å². The molecule has 0 bridgehead atoms. The van der Waals surface area contributed by atoms with Gasteiger partial charge in [0.2, 0.25) is 0 Å².